The fourth-order valence-corrected chi connectivity index (χ4v) is 10.1. The number of aromatic hydroxyl groups is 1. The third kappa shape index (κ3) is 9.98. The maximum Gasteiger partial charge on any atom is 0.332 e. The van der Waals surface area contributed by atoms with Crippen LogP contribution >= 0.6 is 0 Å². The molecular formula is C50H60N2O15. The molecule has 5 aliphatic heterocycles. The maximum absolute atomic E-state index is 12.9. The first kappa shape index (κ1) is 46.8. The zero-order valence-electron chi connectivity index (χ0n) is 37.9. The Morgan fingerprint density at radius 3 is 2.51 bits per heavy atom. The van der Waals surface area contributed by atoms with E-state index in [1.165, 1.54) is 19.3 Å². The first-order valence-corrected chi connectivity index (χ1v) is 23.4. The molecule has 67 heavy (non-hydrogen) atoms. The first-order valence-electron chi connectivity index (χ1n) is 23.4. The minimum atomic E-state index is -1.80. The fourth-order valence-electron chi connectivity index (χ4n) is 10.1. The van der Waals surface area contributed by atoms with Crippen LogP contribution in [0.25, 0.3) is 0 Å². The molecule has 1 aliphatic carbocycles. The molecule has 3 aromatic carbocycles. The molecular weight excluding hydrogens is 869 g/mol. The number of nitrogens with two attached hydrogens (primary N) is 1. The number of hydrogen-bond donors (Lipinski definition) is 6. The molecule has 9 rings (SSSR count). The molecule has 1 saturated carbocycles. The molecule has 0 aromatic heterocycles. The van der Waals surface area contributed by atoms with Gasteiger partial charge in [0.25, 0.3) is 0 Å². The Bertz CT molecular complexity index is 2370. The Kier molecular flexibility index (Phi) is 14.0. The summed E-state index contributed by atoms with van der Waals surface area (Å²) < 4.78 is 42.7. The highest BCUT2D eigenvalue weighted by atomic mass is 17.2. The zero-order chi connectivity index (χ0) is 46.9. The number of esters is 1. The summed E-state index contributed by atoms with van der Waals surface area (Å²) in [6.07, 6.45) is -0.350. The summed E-state index contributed by atoms with van der Waals surface area (Å²) in [7, 11) is 1.65. The largest absolute Gasteiger partial charge is 0.508 e. The van der Waals surface area contributed by atoms with Crippen LogP contribution in [0.5, 0.6) is 34.5 Å². The number of carbonyl (C=O) groups is 2. The van der Waals surface area contributed by atoms with E-state index in [1.54, 1.807) is 19.2 Å². The van der Waals surface area contributed by atoms with E-state index in [2.05, 4.69) is 37.1 Å². The lowest BCUT2D eigenvalue weighted by molar-refractivity contribution is -0.373. The van der Waals surface area contributed by atoms with Crippen molar-refractivity contribution in [3.8, 4) is 46.3 Å². The smallest absolute Gasteiger partial charge is 0.332 e. The predicted octanol–water partition coefficient (Wildman–Crippen LogP) is 4.35. The number of phenols is 1. The summed E-state index contributed by atoms with van der Waals surface area (Å²) in [5.74, 6) is 4.38. The highest BCUT2D eigenvalue weighted by Crippen LogP contribution is 2.57. The molecule has 17 nitrogen and oxygen atoms in total. The van der Waals surface area contributed by atoms with E-state index in [4.69, 9.17) is 48.7 Å². The predicted molar refractivity (Wildman–Crippen MR) is 238 cm³/mol. The Morgan fingerprint density at radius 1 is 0.925 bits per heavy atom. The average Bonchev–Trinajstić information content (AvgIpc) is 3.93. The lowest BCUT2D eigenvalue weighted by atomic mass is 9.84. The van der Waals surface area contributed by atoms with Gasteiger partial charge in [-0.2, -0.15) is 4.89 Å². The van der Waals surface area contributed by atoms with E-state index < -0.39 is 73.4 Å². The molecule has 7 N–H and O–H groups in total. The number of carboxylic acids is 1. The minimum absolute atomic E-state index is 0.0717. The molecule has 1 saturated heterocycles. The lowest BCUT2D eigenvalue weighted by Gasteiger charge is -2.41. The van der Waals surface area contributed by atoms with Crippen LogP contribution in [0.4, 0.5) is 0 Å². The van der Waals surface area contributed by atoms with Crippen molar-refractivity contribution in [1.29, 1.82) is 0 Å². The topological polar surface area (TPSA) is 236 Å². The Hall–Kier alpha value is -5.32. The normalized spacial score (nSPS) is 29.2. The van der Waals surface area contributed by atoms with Gasteiger partial charge in [0.1, 0.15) is 48.3 Å². The van der Waals surface area contributed by atoms with Gasteiger partial charge >= 0.3 is 11.9 Å². The molecule has 2 bridgehead atoms. The van der Waals surface area contributed by atoms with Gasteiger partial charge in [-0.05, 0) is 73.2 Å². The summed E-state index contributed by atoms with van der Waals surface area (Å²) in [5.41, 5.74) is 11.6. The van der Waals surface area contributed by atoms with Crippen molar-refractivity contribution in [2.75, 3.05) is 33.7 Å². The van der Waals surface area contributed by atoms with Crippen LogP contribution in [0.2, 0.25) is 0 Å². The second-order valence-corrected chi connectivity index (χ2v) is 18.9. The van der Waals surface area contributed by atoms with E-state index in [0.29, 0.717) is 53.2 Å². The third-order valence-corrected chi connectivity index (χ3v) is 13.6. The van der Waals surface area contributed by atoms with Gasteiger partial charge < -0.3 is 69.5 Å². The lowest BCUT2D eigenvalue weighted by Crippen LogP contribution is -2.61. The Morgan fingerprint density at radius 2 is 1.73 bits per heavy atom. The first-order chi connectivity index (χ1) is 32.3. The molecule has 10 atom stereocenters. The number of ether oxygens (including phenoxy) is 7. The number of aliphatic hydroxyl groups excluding tert-OH is 2. The molecule has 5 heterocycles. The fraction of sp³-hybridized carbons (Fsp3) is 0.560. The quantitative estimate of drug-likeness (QED) is 0.0516. The number of phenolic OH excluding ortho intramolecular Hbond substituents is 1. The van der Waals surface area contributed by atoms with Gasteiger partial charge in [0.15, 0.2) is 29.6 Å². The van der Waals surface area contributed by atoms with Crippen molar-refractivity contribution in [2.45, 2.75) is 126 Å². The average molecular weight is 929 g/mol. The number of aliphatic hydroxyl groups is 2. The second kappa shape index (κ2) is 20.1. The number of aliphatic carboxylic acids is 1. The van der Waals surface area contributed by atoms with Crippen LogP contribution in [0.1, 0.15) is 97.8 Å². The van der Waals surface area contributed by atoms with E-state index in [0.717, 1.165) is 47.3 Å². The van der Waals surface area contributed by atoms with Gasteiger partial charge in [0.05, 0.1) is 19.1 Å². The van der Waals surface area contributed by atoms with Crippen LogP contribution in [-0.2, 0) is 47.9 Å². The highest BCUT2D eigenvalue weighted by molar-refractivity contribution is 5.97. The van der Waals surface area contributed by atoms with Gasteiger partial charge in [-0.1, -0.05) is 57.9 Å². The highest BCUT2D eigenvalue weighted by Gasteiger charge is 2.49. The molecule has 0 amide bonds. The molecule has 0 spiro atoms. The number of fused-ring (bicyclic) bond motifs is 8. The van der Waals surface area contributed by atoms with Crippen LogP contribution in [0.3, 0.4) is 0 Å². The standard InChI is InChI=1S/C50H60N2O15/c1-25(2)12-34-44-32(19-40-46(34)63-24-62-40)35-21-59-39-18-29(15-28-14-27(16-30(53)17-28)13-26-8-5-4-6-9-26)38(20-33(39)45(35)65-44)66-67-47-43(55)42(54)41-23-60-49(58)31(48(56)57)10-7-11-37(52-3)36(51)22-61-50(47)64-41/h14,16-20,25-26,31,35-37,41-43,45,47,50,52-55H,4-6,8-9,11-13,15,21-24,51H2,1-3H3,(H,56,57). The SMILES string of the molecule is CNC1CC#CC(C(=O)O)C(=O)OCC2OC(OCC1N)C(OOc1cc3c(cc1Cc1cc(O)cc(CC4CCCCC4)c1)OCC1c4cc5c(c(CC(C)C)c4OC31)OCO5)C(O)C2O. The van der Waals surface area contributed by atoms with Crippen molar-refractivity contribution >= 4 is 11.9 Å². The molecule has 17 heteroatoms. The summed E-state index contributed by atoms with van der Waals surface area (Å²) in [4.78, 5) is 37.2. The number of likely N-dealkylation sites (N-methyl/N-ethyl adjacent to an activating group) is 1. The zero-order valence-corrected chi connectivity index (χ0v) is 37.9. The molecule has 6 aliphatic rings. The van der Waals surface area contributed by atoms with E-state index in [-0.39, 0.29) is 43.7 Å². The van der Waals surface area contributed by atoms with Crippen molar-refractivity contribution < 1.29 is 72.9 Å². The number of carbonyl (C=O) groups excluding carboxylic acids is 1. The van der Waals surface area contributed by atoms with Crippen LogP contribution in [-0.4, -0.2) is 109 Å². The summed E-state index contributed by atoms with van der Waals surface area (Å²) in [5, 5.41) is 46.7. The molecule has 10 unspecified atom stereocenters. The summed E-state index contributed by atoms with van der Waals surface area (Å²) >= 11 is 0. The summed E-state index contributed by atoms with van der Waals surface area (Å²) in [6.45, 7) is 3.94. The van der Waals surface area contributed by atoms with Crippen molar-refractivity contribution in [3.63, 3.8) is 0 Å². The van der Waals surface area contributed by atoms with E-state index in [1.807, 2.05) is 18.2 Å². The number of hydrogen-bond acceptors (Lipinski definition) is 16. The van der Waals surface area contributed by atoms with Gasteiger partial charge in [-0.25, -0.2) is 0 Å². The number of cyclic esters (lactones) is 1. The molecule has 2 fully saturated rings. The summed E-state index contributed by atoms with van der Waals surface area (Å²) in [6, 6.07) is 10.0. The van der Waals surface area contributed by atoms with Crippen LogP contribution in [0.15, 0.2) is 36.4 Å². The van der Waals surface area contributed by atoms with Gasteiger partial charge in [0, 0.05) is 47.2 Å². The molecule has 360 valence electrons. The van der Waals surface area contributed by atoms with Gasteiger partial charge in [-0.3, -0.25) is 9.59 Å². The van der Waals surface area contributed by atoms with Crippen molar-refractivity contribution in [3.05, 3.63) is 69.8 Å². The number of rotatable bonds is 11. The van der Waals surface area contributed by atoms with Gasteiger partial charge in [-0.15, -0.1) is 5.92 Å². The number of benzene rings is 3. The Labute approximate surface area is 389 Å². The number of nitrogens with one attached hydrogen (secondary N) is 1. The van der Waals surface area contributed by atoms with Crippen molar-refractivity contribution in [1.82, 2.24) is 5.32 Å². The number of carboxylic acid groups (broad SMARTS) is 1. The monoisotopic (exact) mass is 928 g/mol. The maximum atomic E-state index is 12.9. The van der Waals surface area contributed by atoms with Crippen LogP contribution in [0, 0.1) is 29.6 Å². The second-order valence-electron chi connectivity index (χ2n) is 18.9. The van der Waals surface area contributed by atoms with Crippen molar-refractivity contribution in [2.24, 2.45) is 23.5 Å². The minimum Gasteiger partial charge on any atom is -0.508 e. The Balaban J connectivity index is 1.04. The molecule has 0 radical (unpaired) electrons. The van der Waals surface area contributed by atoms with E-state index in [9.17, 15) is 30.0 Å². The third-order valence-electron chi connectivity index (χ3n) is 13.6. The van der Waals surface area contributed by atoms with Crippen LogP contribution < -0.4 is 34.9 Å². The van der Waals surface area contributed by atoms with E-state index >= 15 is 0 Å². The van der Waals surface area contributed by atoms with Gasteiger partial charge in [0.2, 0.25) is 12.7 Å². The molecule has 3 aromatic rings.